The number of aliphatic hydroxyl groups excluding tert-OH is 1. The average molecular weight is 326 g/mol. The van der Waals surface area contributed by atoms with Gasteiger partial charge in [0.25, 0.3) is 0 Å². The van der Waals surface area contributed by atoms with Crippen molar-refractivity contribution in [3.63, 3.8) is 0 Å². The normalized spacial score (nSPS) is 12.4. The molecule has 0 aliphatic rings. The number of rotatable bonds is 3. The molecule has 2 aromatic rings. The SMILES string of the molecule is Cc1ccc(CC(O)c2cc(Br)ccc2Cl)cc1. The maximum absolute atomic E-state index is 10.2. The van der Waals surface area contributed by atoms with Crippen LogP contribution in [0.1, 0.15) is 22.8 Å². The van der Waals surface area contributed by atoms with Crippen LogP contribution in [0.5, 0.6) is 0 Å². The molecule has 0 saturated carbocycles. The van der Waals surface area contributed by atoms with Crippen molar-refractivity contribution in [3.8, 4) is 0 Å². The van der Waals surface area contributed by atoms with Crippen LogP contribution < -0.4 is 0 Å². The zero-order valence-electron chi connectivity index (χ0n) is 10.0. The van der Waals surface area contributed by atoms with E-state index in [2.05, 4.69) is 15.9 Å². The zero-order chi connectivity index (χ0) is 13.1. The van der Waals surface area contributed by atoms with Crippen molar-refractivity contribution >= 4 is 27.5 Å². The lowest BCUT2D eigenvalue weighted by molar-refractivity contribution is 0.178. The van der Waals surface area contributed by atoms with E-state index in [0.717, 1.165) is 15.6 Å². The molecule has 0 aromatic heterocycles. The molecule has 2 rings (SSSR count). The quantitative estimate of drug-likeness (QED) is 0.868. The third-order valence-corrected chi connectivity index (χ3v) is 3.70. The van der Waals surface area contributed by atoms with E-state index in [1.165, 1.54) is 5.56 Å². The first kappa shape index (κ1) is 13.6. The highest BCUT2D eigenvalue weighted by atomic mass is 79.9. The minimum atomic E-state index is -0.585. The number of benzene rings is 2. The first-order valence-corrected chi connectivity index (χ1v) is 6.92. The maximum Gasteiger partial charge on any atom is 0.0845 e. The average Bonchev–Trinajstić information content (AvgIpc) is 2.35. The summed E-state index contributed by atoms with van der Waals surface area (Å²) < 4.78 is 0.921. The molecule has 1 N–H and O–H groups in total. The molecule has 0 radical (unpaired) electrons. The summed E-state index contributed by atoms with van der Waals surface area (Å²) in [4.78, 5) is 0. The Balaban J connectivity index is 2.18. The van der Waals surface area contributed by atoms with E-state index in [0.29, 0.717) is 11.4 Å². The molecule has 0 aliphatic carbocycles. The molecule has 3 heteroatoms. The zero-order valence-corrected chi connectivity index (χ0v) is 12.4. The van der Waals surface area contributed by atoms with Crippen LogP contribution >= 0.6 is 27.5 Å². The lowest BCUT2D eigenvalue weighted by atomic mass is 10.0. The monoisotopic (exact) mass is 324 g/mol. The number of halogens is 2. The van der Waals surface area contributed by atoms with Gasteiger partial charge < -0.3 is 5.11 Å². The Kier molecular flexibility index (Phi) is 4.44. The second-order valence-corrected chi connectivity index (χ2v) is 5.69. The van der Waals surface area contributed by atoms with Gasteiger partial charge in [-0.3, -0.25) is 0 Å². The Bertz CT molecular complexity index is 537. The third-order valence-electron chi connectivity index (χ3n) is 2.87. The fourth-order valence-corrected chi connectivity index (χ4v) is 2.45. The number of aryl methyl sites for hydroxylation is 1. The summed E-state index contributed by atoms with van der Waals surface area (Å²) in [5, 5.41) is 10.8. The van der Waals surface area contributed by atoms with Gasteiger partial charge in [-0.25, -0.2) is 0 Å². The van der Waals surface area contributed by atoms with Crippen LogP contribution in [-0.4, -0.2) is 5.11 Å². The highest BCUT2D eigenvalue weighted by molar-refractivity contribution is 9.10. The van der Waals surface area contributed by atoms with Crippen molar-refractivity contribution in [2.24, 2.45) is 0 Å². The summed E-state index contributed by atoms with van der Waals surface area (Å²) >= 11 is 9.49. The Labute approximate surface area is 121 Å². The van der Waals surface area contributed by atoms with Crippen LogP contribution in [0.4, 0.5) is 0 Å². The molecule has 0 fully saturated rings. The van der Waals surface area contributed by atoms with Gasteiger partial charge in [0, 0.05) is 21.5 Å². The van der Waals surface area contributed by atoms with E-state index >= 15 is 0 Å². The number of aliphatic hydroxyl groups is 1. The van der Waals surface area contributed by atoms with Gasteiger partial charge in [-0.1, -0.05) is 57.4 Å². The van der Waals surface area contributed by atoms with Crippen molar-refractivity contribution in [1.29, 1.82) is 0 Å². The molecule has 0 aliphatic heterocycles. The first-order chi connectivity index (χ1) is 8.56. The second-order valence-electron chi connectivity index (χ2n) is 4.37. The molecule has 0 bridgehead atoms. The molecule has 0 amide bonds. The third kappa shape index (κ3) is 3.35. The number of hydrogen-bond donors (Lipinski definition) is 1. The van der Waals surface area contributed by atoms with E-state index in [9.17, 15) is 5.11 Å². The molecule has 2 aromatic carbocycles. The van der Waals surface area contributed by atoms with Gasteiger partial charge in [-0.15, -0.1) is 0 Å². The molecule has 1 atom stereocenters. The van der Waals surface area contributed by atoms with E-state index < -0.39 is 6.10 Å². The maximum atomic E-state index is 10.2. The smallest absolute Gasteiger partial charge is 0.0845 e. The minimum absolute atomic E-state index is 0.566. The van der Waals surface area contributed by atoms with Crippen LogP contribution in [0.15, 0.2) is 46.9 Å². The van der Waals surface area contributed by atoms with Gasteiger partial charge >= 0.3 is 0 Å². The van der Waals surface area contributed by atoms with Gasteiger partial charge in [0.15, 0.2) is 0 Å². The summed E-state index contributed by atoms with van der Waals surface area (Å²) in [6, 6.07) is 13.7. The molecule has 0 spiro atoms. The molecule has 0 heterocycles. The molecule has 1 nitrogen and oxygen atoms in total. The molecular weight excluding hydrogens is 312 g/mol. The fraction of sp³-hybridized carbons (Fsp3) is 0.200. The first-order valence-electron chi connectivity index (χ1n) is 5.75. The summed E-state index contributed by atoms with van der Waals surface area (Å²) in [7, 11) is 0. The minimum Gasteiger partial charge on any atom is -0.388 e. The highest BCUT2D eigenvalue weighted by Crippen LogP contribution is 2.28. The van der Waals surface area contributed by atoms with Crippen LogP contribution in [-0.2, 0) is 6.42 Å². The van der Waals surface area contributed by atoms with E-state index in [1.807, 2.05) is 43.3 Å². The molecule has 94 valence electrons. The molecule has 18 heavy (non-hydrogen) atoms. The second kappa shape index (κ2) is 5.87. The van der Waals surface area contributed by atoms with Gasteiger partial charge in [0.05, 0.1) is 6.10 Å². The Morgan fingerprint density at radius 3 is 2.50 bits per heavy atom. The van der Waals surface area contributed by atoms with Crippen molar-refractivity contribution in [2.75, 3.05) is 0 Å². The van der Waals surface area contributed by atoms with E-state index in [4.69, 9.17) is 11.6 Å². The predicted octanol–water partition coefficient (Wildman–Crippen LogP) is 4.69. The van der Waals surface area contributed by atoms with E-state index in [-0.39, 0.29) is 0 Å². The van der Waals surface area contributed by atoms with Crippen molar-refractivity contribution in [3.05, 3.63) is 68.7 Å². The fourth-order valence-electron chi connectivity index (χ4n) is 1.83. The van der Waals surface area contributed by atoms with Crippen molar-refractivity contribution in [1.82, 2.24) is 0 Å². The summed E-state index contributed by atoms with van der Waals surface area (Å²) in [5.41, 5.74) is 3.07. The molecule has 1 unspecified atom stereocenters. The lowest BCUT2D eigenvalue weighted by Gasteiger charge is -2.13. The van der Waals surface area contributed by atoms with Gasteiger partial charge in [-0.2, -0.15) is 0 Å². The topological polar surface area (TPSA) is 20.2 Å². The largest absolute Gasteiger partial charge is 0.388 e. The Hall–Kier alpha value is -0.830. The van der Waals surface area contributed by atoms with Gasteiger partial charge in [-0.05, 0) is 30.7 Å². The van der Waals surface area contributed by atoms with Crippen LogP contribution in [0.2, 0.25) is 5.02 Å². The predicted molar refractivity (Wildman–Crippen MR) is 79.0 cm³/mol. The van der Waals surface area contributed by atoms with Crippen molar-refractivity contribution in [2.45, 2.75) is 19.4 Å². The Morgan fingerprint density at radius 2 is 1.83 bits per heavy atom. The van der Waals surface area contributed by atoms with Crippen LogP contribution in [0, 0.1) is 6.92 Å². The van der Waals surface area contributed by atoms with Crippen molar-refractivity contribution < 1.29 is 5.11 Å². The highest BCUT2D eigenvalue weighted by Gasteiger charge is 2.12. The molecule has 0 saturated heterocycles. The Morgan fingerprint density at radius 1 is 1.17 bits per heavy atom. The van der Waals surface area contributed by atoms with Gasteiger partial charge in [0.1, 0.15) is 0 Å². The standard InChI is InChI=1S/C15H14BrClO/c1-10-2-4-11(5-3-10)8-15(18)13-9-12(16)6-7-14(13)17/h2-7,9,15,18H,8H2,1H3. The lowest BCUT2D eigenvalue weighted by Crippen LogP contribution is -2.02. The summed E-state index contributed by atoms with van der Waals surface area (Å²) in [5.74, 6) is 0. The summed E-state index contributed by atoms with van der Waals surface area (Å²) in [6.45, 7) is 2.05. The molecular formula is C15H14BrClO. The van der Waals surface area contributed by atoms with Crippen LogP contribution in [0.25, 0.3) is 0 Å². The van der Waals surface area contributed by atoms with Gasteiger partial charge in [0.2, 0.25) is 0 Å². The summed E-state index contributed by atoms with van der Waals surface area (Å²) in [6.07, 6.45) is -0.0195. The van der Waals surface area contributed by atoms with E-state index in [1.54, 1.807) is 6.07 Å². The number of hydrogen-bond acceptors (Lipinski definition) is 1. The van der Waals surface area contributed by atoms with Crippen LogP contribution in [0.3, 0.4) is 0 Å².